The fraction of sp³-hybridized carbons (Fsp3) is 0.385. The van der Waals surface area contributed by atoms with E-state index in [4.69, 9.17) is 20.0 Å². The van der Waals surface area contributed by atoms with Crippen LogP contribution in [0.15, 0.2) is 30.7 Å². The molecule has 1 fully saturated rings. The molecule has 0 unspecified atom stereocenters. The number of aliphatic hydroxyl groups is 1. The van der Waals surface area contributed by atoms with Crippen LogP contribution in [0.2, 0.25) is 0 Å². The Labute approximate surface area is 208 Å². The minimum atomic E-state index is -0.774. The third-order valence-corrected chi connectivity index (χ3v) is 6.62. The van der Waals surface area contributed by atoms with Gasteiger partial charge in [-0.25, -0.2) is 13.8 Å². The average Bonchev–Trinajstić information content (AvgIpc) is 3.30. The number of nitrogens with one attached hydrogen (secondary N) is 3. The highest BCUT2D eigenvalue weighted by atomic mass is 19.1. The number of fused-ring (bicyclic) bond motifs is 1. The van der Waals surface area contributed by atoms with Crippen LogP contribution in [0.4, 0.5) is 8.78 Å². The Morgan fingerprint density at radius 2 is 1.92 bits per heavy atom. The van der Waals surface area contributed by atoms with Gasteiger partial charge in [-0.05, 0) is 24.5 Å². The topological polar surface area (TPSA) is 106 Å². The maximum atomic E-state index is 14.9. The summed E-state index contributed by atoms with van der Waals surface area (Å²) in [5, 5.41) is 21.1. The Hall–Kier alpha value is -3.50. The summed E-state index contributed by atoms with van der Waals surface area (Å²) < 4.78 is 40.0. The molecular weight excluding hydrogens is 468 g/mol. The van der Waals surface area contributed by atoms with Gasteiger partial charge in [0.05, 0.1) is 20.8 Å². The Morgan fingerprint density at radius 3 is 2.53 bits per heavy atom. The lowest BCUT2D eigenvalue weighted by Gasteiger charge is -2.31. The van der Waals surface area contributed by atoms with E-state index in [1.807, 2.05) is 12.3 Å². The number of rotatable bonds is 10. The predicted molar refractivity (Wildman–Crippen MR) is 135 cm³/mol. The number of piperidine rings is 1. The van der Waals surface area contributed by atoms with Crippen LogP contribution in [0.25, 0.3) is 16.6 Å². The monoisotopic (exact) mass is 499 g/mol. The Bertz CT molecular complexity index is 1220. The number of aromatic nitrogens is 2. The van der Waals surface area contributed by atoms with Crippen LogP contribution in [0.1, 0.15) is 29.5 Å². The van der Waals surface area contributed by atoms with E-state index in [9.17, 15) is 8.78 Å². The summed E-state index contributed by atoms with van der Waals surface area (Å²) in [6.07, 6.45) is 8.28. The van der Waals surface area contributed by atoms with Crippen LogP contribution in [0, 0.1) is 17.0 Å². The zero-order chi connectivity index (χ0) is 25.7. The molecule has 8 nitrogen and oxygen atoms in total. The van der Waals surface area contributed by atoms with Crippen molar-refractivity contribution in [3.63, 3.8) is 0 Å². The summed E-state index contributed by atoms with van der Waals surface area (Å²) in [6.45, 7) is 2.68. The highest BCUT2D eigenvalue weighted by molar-refractivity contribution is 6.09. The number of hydrogen-bond acceptors (Lipinski definition) is 7. The van der Waals surface area contributed by atoms with Gasteiger partial charge >= 0.3 is 0 Å². The number of β-amino-alcohol motifs (C(OH)–C–C–N with tert-alkyl or cyclic N) is 1. The molecule has 0 bridgehead atoms. The zero-order valence-corrected chi connectivity index (χ0v) is 20.4. The van der Waals surface area contributed by atoms with Crippen molar-refractivity contribution in [1.82, 2.24) is 20.2 Å². The minimum absolute atomic E-state index is 0.0370. The van der Waals surface area contributed by atoms with Gasteiger partial charge < -0.3 is 35.2 Å². The fourth-order valence-corrected chi connectivity index (χ4v) is 4.52. The highest BCUT2D eigenvalue weighted by Gasteiger charge is 2.22. The predicted octanol–water partition coefficient (Wildman–Crippen LogP) is 3.49. The maximum Gasteiger partial charge on any atom is 0.171 e. The Balaban J connectivity index is 1.58. The molecule has 1 aromatic carbocycles. The second-order valence-corrected chi connectivity index (χ2v) is 8.75. The van der Waals surface area contributed by atoms with Gasteiger partial charge in [-0.2, -0.15) is 0 Å². The summed E-state index contributed by atoms with van der Waals surface area (Å²) in [5.41, 5.74) is 2.44. The van der Waals surface area contributed by atoms with Crippen molar-refractivity contribution in [2.45, 2.75) is 25.3 Å². The number of halogens is 2. The lowest BCUT2D eigenvalue weighted by Crippen LogP contribution is -2.41. The van der Waals surface area contributed by atoms with Crippen molar-refractivity contribution in [3.05, 3.63) is 59.1 Å². The summed E-state index contributed by atoms with van der Waals surface area (Å²) in [7, 11) is 2.64. The molecule has 3 heterocycles. The normalized spacial score (nSPS) is 15.3. The fourth-order valence-electron chi connectivity index (χ4n) is 4.52. The molecule has 4 rings (SSSR count). The Kier molecular flexibility index (Phi) is 8.17. The van der Waals surface area contributed by atoms with Crippen LogP contribution in [-0.4, -0.2) is 72.7 Å². The number of hydrogen-bond donors (Lipinski definition) is 4. The molecule has 2 aromatic heterocycles. The number of likely N-dealkylation sites (tertiary alicyclic amines) is 1. The molecule has 192 valence electrons. The lowest BCUT2D eigenvalue weighted by atomic mass is 10.0. The van der Waals surface area contributed by atoms with Crippen molar-refractivity contribution < 1.29 is 23.4 Å². The maximum absolute atomic E-state index is 14.9. The second-order valence-electron chi connectivity index (χ2n) is 8.75. The van der Waals surface area contributed by atoms with E-state index in [0.29, 0.717) is 34.3 Å². The average molecular weight is 500 g/mol. The number of H-pyrrole nitrogens is 1. The van der Waals surface area contributed by atoms with E-state index >= 15 is 0 Å². The number of allylic oxidation sites excluding steroid dienone is 1. The molecule has 4 N–H and O–H groups in total. The smallest absolute Gasteiger partial charge is 0.171 e. The van der Waals surface area contributed by atoms with E-state index in [2.05, 4.69) is 20.2 Å². The van der Waals surface area contributed by atoms with Crippen LogP contribution in [0.3, 0.4) is 0 Å². The van der Waals surface area contributed by atoms with Crippen molar-refractivity contribution in [3.8, 4) is 11.5 Å². The number of aliphatic hydroxyl groups excluding tert-OH is 1. The van der Waals surface area contributed by atoms with Crippen LogP contribution in [-0.2, 0) is 6.42 Å². The van der Waals surface area contributed by atoms with Gasteiger partial charge in [-0.3, -0.25) is 0 Å². The van der Waals surface area contributed by atoms with E-state index in [-0.39, 0.29) is 36.1 Å². The SMILES string of the molecule is COc1cc(OC)c(F)c(Cc2c[nH]c3ncc(/C(C=N)=C/NC4CCN(CCO)CC4)cc23)c1F. The first-order valence-corrected chi connectivity index (χ1v) is 11.8. The minimum Gasteiger partial charge on any atom is -0.494 e. The molecule has 0 atom stereocenters. The summed E-state index contributed by atoms with van der Waals surface area (Å²) >= 11 is 0. The number of methoxy groups -OCH3 is 2. The van der Waals surface area contributed by atoms with Crippen LogP contribution >= 0.6 is 0 Å². The lowest BCUT2D eigenvalue weighted by molar-refractivity contribution is 0.160. The summed E-state index contributed by atoms with van der Waals surface area (Å²) in [5.74, 6) is -1.74. The standard InChI is InChI=1S/C26H31F2N5O3/c1-35-22-11-23(36-2)25(28)21(24(22)27)10-17-14-32-26-20(17)9-16(13-31-26)18(12-29)15-30-19-3-5-33(6-4-19)7-8-34/h9,11-15,19,29-30,34H,3-8,10H2,1-2H3,(H,31,32)/b18-15+,29-12?. The van der Waals surface area contributed by atoms with Crippen molar-refractivity contribution in [2.24, 2.45) is 0 Å². The van der Waals surface area contributed by atoms with Crippen molar-refractivity contribution >= 4 is 22.8 Å². The number of benzene rings is 1. The summed E-state index contributed by atoms with van der Waals surface area (Å²) in [4.78, 5) is 9.74. The molecule has 1 saturated heterocycles. The van der Waals surface area contributed by atoms with Gasteiger partial charge in [-0.1, -0.05) is 0 Å². The number of pyridine rings is 1. The van der Waals surface area contributed by atoms with Crippen LogP contribution in [0.5, 0.6) is 11.5 Å². The van der Waals surface area contributed by atoms with Gasteiger partial charge in [0.15, 0.2) is 23.1 Å². The van der Waals surface area contributed by atoms with Crippen molar-refractivity contribution in [2.75, 3.05) is 40.5 Å². The molecule has 0 amide bonds. The molecule has 36 heavy (non-hydrogen) atoms. The van der Waals surface area contributed by atoms with Crippen molar-refractivity contribution in [1.29, 1.82) is 5.41 Å². The molecule has 0 saturated carbocycles. The van der Waals surface area contributed by atoms with Gasteiger partial charge in [-0.15, -0.1) is 0 Å². The van der Waals surface area contributed by atoms with E-state index in [1.165, 1.54) is 26.5 Å². The summed E-state index contributed by atoms with van der Waals surface area (Å²) in [6, 6.07) is 3.33. The first-order chi connectivity index (χ1) is 17.5. The molecule has 10 heteroatoms. The molecular formula is C26H31F2N5O3. The quantitative estimate of drug-likeness (QED) is 0.318. The number of nitrogens with zero attached hydrogens (tertiary/aromatic N) is 2. The van der Waals surface area contributed by atoms with Crippen LogP contribution < -0.4 is 14.8 Å². The Morgan fingerprint density at radius 1 is 1.22 bits per heavy atom. The molecule has 1 aliphatic heterocycles. The van der Waals surface area contributed by atoms with E-state index in [0.717, 1.165) is 25.9 Å². The molecule has 0 spiro atoms. The molecule has 3 aromatic rings. The molecule has 1 aliphatic rings. The van der Waals surface area contributed by atoms with Gasteiger partial charge in [0.1, 0.15) is 5.65 Å². The van der Waals surface area contributed by atoms with Gasteiger partial charge in [0.25, 0.3) is 0 Å². The first-order valence-electron chi connectivity index (χ1n) is 11.8. The number of aromatic amines is 1. The molecule has 0 radical (unpaired) electrons. The van der Waals surface area contributed by atoms with Gasteiger partial charge in [0.2, 0.25) is 0 Å². The first kappa shape index (κ1) is 25.6. The van der Waals surface area contributed by atoms with E-state index in [1.54, 1.807) is 12.4 Å². The zero-order valence-electron chi connectivity index (χ0n) is 20.4. The number of ether oxygens (including phenoxy) is 2. The largest absolute Gasteiger partial charge is 0.494 e. The highest BCUT2D eigenvalue weighted by Crippen LogP contribution is 2.34. The second kappa shape index (κ2) is 11.5. The van der Waals surface area contributed by atoms with Gasteiger partial charge in [0, 0.05) is 85.1 Å². The third kappa shape index (κ3) is 5.34. The van der Waals surface area contributed by atoms with E-state index < -0.39 is 11.6 Å². The molecule has 0 aliphatic carbocycles. The third-order valence-electron chi connectivity index (χ3n) is 6.62.